The zero-order valence-electron chi connectivity index (χ0n) is 26.0. The first-order chi connectivity index (χ1) is 17.7. The van der Waals surface area contributed by atoms with Crippen LogP contribution >= 0.6 is 0 Å². The Morgan fingerprint density at radius 1 is 0.368 bits per heavy atom. The average molecular weight is 575 g/mol. The van der Waals surface area contributed by atoms with Gasteiger partial charge in [0.05, 0.1) is 0 Å². The van der Waals surface area contributed by atoms with Crippen LogP contribution in [0.5, 0.6) is 0 Å². The summed E-state index contributed by atoms with van der Waals surface area (Å²) in [5.41, 5.74) is 7.50. The van der Waals surface area contributed by atoms with Crippen LogP contribution in [0.1, 0.15) is 152 Å². The number of hydrogen-bond acceptors (Lipinski definition) is 1. The van der Waals surface area contributed by atoms with Crippen LogP contribution in [0.2, 0.25) is 0 Å². The molecule has 0 unspecified atom stereocenters. The molecule has 0 heterocycles. The molecule has 0 spiro atoms. The Hall–Kier alpha value is -1.98. The van der Waals surface area contributed by atoms with Crippen molar-refractivity contribution in [2.24, 2.45) is 0 Å². The molecule has 3 aromatic carbocycles. The van der Waals surface area contributed by atoms with Crippen molar-refractivity contribution < 1.29 is 3.74 Å². The zero-order valence-corrected chi connectivity index (χ0v) is 27.9. The zero-order chi connectivity index (χ0) is 28.5. The van der Waals surface area contributed by atoms with Crippen molar-refractivity contribution in [2.75, 3.05) is 0 Å². The van der Waals surface area contributed by atoms with E-state index in [4.69, 9.17) is 0 Å². The fourth-order valence-electron chi connectivity index (χ4n) is 5.96. The molecule has 0 saturated carbocycles. The van der Waals surface area contributed by atoms with Gasteiger partial charge in [-0.25, -0.2) is 0 Å². The van der Waals surface area contributed by atoms with E-state index in [0.29, 0.717) is 0 Å². The van der Waals surface area contributed by atoms with E-state index in [0.717, 1.165) is 13.1 Å². The van der Waals surface area contributed by atoms with E-state index in [2.05, 4.69) is 138 Å². The van der Waals surface area contributed by atoms with E-state index < -0.39 is 13.5 Å². The maximum absolute atomic E-state index is 17.0. The molecule has 0 aliphatic carbocycles. The molecule has 0 aliphatic rings. The third kappa shape index (κ3) is 5.51. The van der Waals surface area contributed by atoms with Crippen LogP contribution in [-0.4, -0.2) is 13.5 Å². The second kappa shape index (κ2) is 12.0. The summed E-state index contributed by atoms with van der Waals surface area (Å²) in [6, 6.07) is 20.1. The molecule has 206 valence electrons. The van der Waals surface area contributed by atoms with Gasteiger partial charge in [0, 0.05) is 0 Å². The Balaban J connectivity index is 2.80. The fourth-order valence-corrected chi connectivity index (χ4v) is 16.1. The number of benzene rings is 3. The molecule has 0 amide bonds. The van der Waals surface area contributed by atoms with Gasteiger partial charge in [0.2, 0.25) is 0 Å². The summed E-state index contributed by atoms with van der Waals surface area (Å²) in [5, 5.41) is 0. The van der Waals surface area contributed by atoms with Crippen molar-refractivity contribution in [1.29, 1.82) is 0 Å². The quantitative estimate of drug-likeness (QED) is 0.233. The maximum atomic E-state index is 17.0. The molecule has 2 heteroatoms. The molecule has 1 nitrogen and oxygen atoms in total. The molecule has 0 aromatic heterocycles. The van der Waals surface area contributed by atoms with Crippen LogP contribution in [0, 0.1) is 0 Å². The van der Waals surface area contributed by atoms with Gasteiger partial charge < -0.3 is 0 Å². The van der Waals surface area contributed by atoms with Crippen LogP contribution in [-0.2, 0) is 3.74 Å². The molecule has 0 bridgehead atoms. The average Bonchev–Trinajstić information content (AvgIpc) is 2.86. The van der Waals surface area contributed by atoms with Crippen molar-refractivity contribution >= 4 is 26.5 Å². The summed E-state index contributed by atoms with van der Waals surface area (Å²) in [7, 11) is 0. The summed E-state index contributed by atoms with van der Waals surface area (Å²) >= 11 is -4.30. The monoisotopic (exact) mass is 574 g/mol. The van der Waals surface area contributed by atoms with Gasteiger partial charge in [-0.3, -0.25) is 0 Å². The molecule has 0 aliphatic heterocycles. The van der Waals surface area contributed by atoms with E-state index in [9.17, 15) is 0 Å². The Kier molecular flexibility index (Phi) is 9.68. The van der Waals surface area contributed by atoms with E-state index >= 15 is 3.74 Å². The first kappa shape index (κ1) is 30.6. The van der Waals surface area contributed by atoms with Crippen molar-refractivity contribution in [3.8, 4) is 0 Å². The van der Waals surface area contributed by atoms with Crippen LogP contribution in [0.4, 0.5) is 0 Å². The summed E-state index contributed by atoms with van der Waals surface area (Å²) < 4.78 is 20.5. The second-order valence-electron chi connectivity index (χ2n) is 12.9. The molecule has 0 saturated heterocycles. The Morgan fingerprint density at radius 2 is 0.526 bits per heavy atom. The molecular formula is C36H51AsO. The molecule has 3 aromatic rings. The van der Waals surface area contributed by atoms with E-state index in [1.807, 2.05) is 0 Å². The summed E-state index contributed by atoms with van der Waals surface area (Å²) in [6.45, 7) is 27.1. The molecule has 0 atom stereocenters. The number of hydrogen-bond donors (Lipinski definition) is 0. The second-order valence-corrected chi connectivity index (χ2v) is 18.3. The van der Waals surface area contributed by atoms with Gasteiger partial charge in [-0.05, 0) is 0 Å². The molecule has 0 fully saturated rings. The van der Waals surface area contributed by atoms with Gasteiger partial charge in [-0.1, -0.05) is 0 Å². The topological polar surface area (TPSA) is 17.1 Å². The Bertz CT molecular complexity index is 1070. The third-order valence-electron chi connectivity index (χ3n) is 7.97. The summed E-state index contributed by atoms with van der Waals surface area (Å²) in [5.74, 6) is 1.67. The van der Waals surface area contributed by atoms with Crippen molar-refractivity contribution in [1.82, 2.24) is 0 Å². The summed E-state index contributed by atoms with van der Waals surface area (Å²) in [4.78, 5) is 0. The van der Waals surface area contributed by atoms with Gasteiger partial charge in [0.15, 0.2) is 0 Å². The Morgan fingerprint density at radius 3 is 0.658 bits per heavy atom. The third-order valence-corrected chi connectivity index (χ3v) is 15.2. The predicted molar refractivity (Wildman–Crippen MR) is 169 cm³/mol. The van der Waals surface area contributed by atoms with Crippen molar-refractivity contribution in [3.63, 3.8) is 0 Å². The van der Waals surface area contributed by atoms with Crippen LogP contribution in [0.15, 0.2) is 54.6 Å². The normalized spacial score (nSPS) is 12.7. The SMILES string of the molecule is CC(C)c1cccc(C(C)C)c1[As](=O)(c1c(C(C)C)cccc1C(C)C)c1c(C(C)C)cccc1C(C)C. The van der Waals surface area contributed by atoms with Crippen LogP contribution < -0.4 is 13.1 Å². The van der Waals surface area contributed by atoms with Gasteiger partial charge in [-0.2, -0.15) is 0 Å². The van der Waals surface area contributed by atoms with Crippen LogP contribution in [0.25, 0.3) is 0 Å². The molecule has 38 heavy (non-hydrogen) atoms. The predicted octanol–water partition coefficient (Wildman–Crippen LogP) is 8.82. The first-order valence-electron chi connectivity index (χ1n) is 14.7. The van der Waals surface area contributed by atoms with E-state index in [1.54, 1.807) is 0 Å². The van der Waals surface area contributed by atoms with Crippen molar-refractivity contribution in [3.05, 3.63) is 88.0 Å². The van der Waals surface area contributed by atoms with Crippen LogP contribution in [0.3, 0.4) is 0 Å². The van der Waals surface area contributed by atoms with Gasteiger partial charge in [0.25, 0.3) is 0 Å². The molecule has 0 radical (unpaired) electrons. The standard InChI is InChI=1S/C36H51AsO/c1-22(2)28-16-13-17-29(23(3)4)34(28)37(38,35-30(24(5)6)18-14-19-31(35)25(7)8)36-32(26(9)10)20-15-21-33(36)27(11)12/h13-27H,1-12H3. The summed E-state index contributed by atoms with van der Waals surface area (Å²) in [6.07, 6.45) is 0. The molecule has 3 rings (SSSR count). The van der Waals surface area contributed by atoms with Crippen molar-refractivity contribution in [2.45, 2.75) is 119 Å². The first-order valence-corrected chi connectivity index (χ1v) is 18.3. The van der Waals surface area contributed by atoms with Gasteiger partial charge >= 0.3 is 237 Å². The Labute approximate surface area is 236 Å². The minimum atomic E-state index is -4.30. The fraction of sp³-hybridized carbons (Fsp3) is 0.500. The van der Waals surface area contributed by atoms with Gasteiger partial charge in [0.1, 0.15) is 0 Å². The molecule has 0 N–H and O–H groups in total. The minimum absolute atomic E-state index is 0.279. The van der Waals surface area contributed by atoms with Gasteiger partial charge in [-0.15, -0.1) is 0 Å². The number of rotatable bonds is 9. The molecular weight excluding hydrogens is 523 g/mol. The van der Waals surface area contributed by atoms with E-state index in [1.165, 1.54) is 33.4 Å². The van der Waals surface area contributed by atoms with E-state index in [-0.39, 0.29) is 35.5 Å².